The molecule has 0 aromatic carbocycles. The van der Waals surface area contributed by atoms with E-state index in [9.17, 15) is 4.79 Å². The van der Waals surface area contributed by atoms with Crippen LogP contribution in [0.1, 0.15) is 12.0 Å². The molecular formula is C11H12N4O3. The molecule has 0 aliphatic rings. The fraction of sp³-hybridized carbons (Fsp3) is 0.182. The largest absolute Gasteiger partial charge is 0.481 e. The third kappa shape index (κ3) is 2.10. The maximum Gasteiger partial charge on any atom is 0.305 e. The molecule has 7 heteroatoms. The van der Waals surface area contributed by atoms with Gasteiger partial charge in [-0.05, 0) is 12.1 Å². The standard InChI is InChI=1S/C11H12N4O3/c12-10(14-18)7-1-4-13-11-8(7)2-5-15(11)6-3-9(16)17/h1-2,4-5,18H,3,6H2,(H2,12,14)(H,16,17). The molecular weight excluding hydrogens is 236 g/mol. The number of fused-ring (bicyclic) bond motifs is 1. The number of hydrogen-bond donors (Lipinski definition) is 3. The monoisotopic (exact) mass is 248 g/mol. The second kappa shape index (κ2) is 4.74. The summed E-state index contributed by atoms with van der Waals surface area (Å²) < 4.78 is 1.72. The molecule has 0 aliphatic carbocycles. The van der Waals surface area contributed by atoms with Crippen molar-refractivity contribution < 1.29 is 15.1 Å². The Hall–Kier alpha value is -2.57. The number of nitrogens with zero attached hydrogens (tertiary/aromatic N) is 3. The van der Waals surface area contributed by atoms with E-state index in [0.29, 0.717) is 17.8 Å². The summed E-state index contributed by atoms with van der Waals surface area (Å²) in [5.74, 6) is -0.872. The number of hydrogen-bond acceptors (Lipinski definition) is 4. The summed E-state index contributed by atoms with van der Waals surface area (Å²) in [6.45, 7) is 0.325. The van der Waals surface area contributed by atoms with Crippen molar-refractivity contribution in [1.82, 2.24) is 9.55 Å². The number of aryl methyl sites for hydroxylation is 1. The van der Waals surface area contributed by atoms with Gasteiger partial charge in [-0.3, -0.25) is 4.79 Å². The zero-order valence-electron chi connectivity index (χ0n) is 9.45. The van der Waals surface area contributed by atoms with Crippen molar-refractivity contribution in [3.63, 3.8) is 0 Å². The third-order valence-corrected chi connectivity index (χ3v) is 2.61. The van der Waals surface area contributed by atoms with Gasteiger partial charge >= 0.3 is 5.97 Å². The van der Waals surface area contributed by atoms with E-state index in [-0.39, 0.29) is 12.3 Å². The zero-order chi connectivity index (χ0) is 13.1. The Bertz CT molecular complexity index is 618. The Morgan fingerprint density at radius 2 is 2.28 bits per heavy atom. The quantitative estimate of drug-likeness (QED) is 0.317. The van der Waals surface area contributed by atoms with Gasteiger partial charge in [0.1, 0.15) is 5.65 Å². The predicted molar refractivity (Wildman–Crippen MR) is 64.5 cm³/mol. The van der Waals surface area contributed by atoms with Crippen molar-refractivity contribution in [2.75, 3.05) is 0 Å². The Kier molecular flexibility index (Phi) is 3.13. The van der Waals surface area contributed by atoms with Crippen LogP contribution in [-0.4, -0.2) is 31.7 Å². The minimum Gasteiger partial charge on any atom is -0.481 e. The highest BCUT2D eigenvalue weighted by Gasteiger charge is 2.10. The van der Waals surface area contributed by atoms with Gasteiger partial charge in [0.25, 0.3) is 0 Å². The highest BCUT2D eigenvalue weighted by Crippen LogP contribution is 2.18. The SMILES string of the molecule is N/C(=N\O)c1ccnc2c1ccn2CCC(=O)O. The van der Waals surface area contributed by atoms with Crippen LogP contribution in [0.2, 0.25) is 0 Å². The number of amidine groups is 1. The van der Waals surface area contributed by atoms with Crippen molar-refractivity contribution in [3.05, 3.63) is 30.1 Å². The first kappa shape index (κ1) is 11.9. The first-order valence-electron chi connectivity index (χ1n) is 5.27. The molecule has 0 aliphatic heterocycles. The van der Waals surface area contributed by atoms with Gasteiger partial charge in [0.2, 0.25) is 0 Å². The molecule has 2 aromatic heterocycles. The number of aliphatic carboxylic acids is 1. The van der Waals surface area contributed by atoms with E-state index in [1.54, 1.807) is 22.9 Å². The minimum atomic E-state index is -0.871. The van der Waals surface area contributed by atoms with E-state index in [4.69, 9.17) is 16.0 Å². The summed E-state index contributed by atoms with van der Waals surface area (Å²) in [6, 6.07) is 3.40. The molecule has 0 unspecified atom stereocenters. The number of nitrogens with two attached hydrogens (primary N) is 1. The van der Waals surface area contributed by atoms with Crippen molar-refractivity contribution in [3.8, 4) is 0 Å². The number of aromatic nitrogens is 2. The van der Waals surface area contributed by atoms with Gasteiger partial charge in [-0.1, -0.05) is 5.16 Å². The molecule has 18 heavy (non-hydrogen) atoms. The Balaban J connectivity index is 2.45. The van der Waals surface area contributed by atoms with E-state index in [1.807, 2.05) is 0 Å². The van der Waals surface area contributed by atoms with E-state index < -0.39 is 5.97 Å². The van der Waals surface area contributed by atoms with Crippen LogP contribution < -0.4 is 5.73 Å². The van der Waals surface area contributed by atoms with Crippen molar-refractivity contribution in [2.24, 2.45) is 10.9 Å². The molecule has 0 atom stereocenters. The van der Waals surface area contributed by atoms with Crippen LogP contribution in [0.4, 0.5) is 0 Å². The van der Waals surface area contributed by atoms with Gasteiger partial charge in [0.15, 0.2) is 5.84 Å². The highest BCUT2D eigenvalue weighted by molar-refractivity contribution is 6.07. The average molecular weight is 248 g/mol. The molecule has 2 heterocycles. The predicted octanol–water partition coefficient (Wildman–Crippen LogP) is 0.605. The summed E-state index contributed by atoms with van der Waals surface area (Å²) in [4.78, 5) is 14.7. The average Bonchev–Trinajstić information content (AvgIpc) is 2.78. The summed E-state index contributed by atoms with van der Waals surface area (Å²) in [5.41, 5.74) is 6.74. The van der Waals surface area contributed by atoms with Crippen molar-refractivity contribution >= 4 is 22.8 Å². The van der Waals surface area contributed by atoms with Crippen molar-refractivity contribution in [2.45, 2.75) is 13.0 Å². The number of carbonyl (C=O) groups is 1. The molecule has 0 fully saturated rings. The van der Waals surface area contributed by atoms with Gasteiger partial charge in [0, 0.05) is 29.9 Å². The van der Waals surface area contributed by atoms with Crippen LogP contribution in [0.3, 0.4) is 0 Å². The van der Waals surface area contributed by atoms with Crippen LogP contribution in [0.25, 0.3) is 11.0 Å². The molecule has 2 rings (SSSR count). The number of rotatable bonds is 4. The lowest BCUT2D eigenvalue weighted by Gasteiger charge is -2.04. The molecule has 7 nitrogen and oxygen atoms in total. The van der Waals surface area contributed by atoms with E-state index in [1.165, 1.54) is 6.20 Å². The molecule has 0 saturated heterocycles. The van der Waals surface area contributed by atoms with Crippen molar-refractivity contribution in [1.29, 1.82) is 0 Å². The van der Waals surface area contributed by atoms with E-state index in [2.05, 4.69) is 10.1 Å². The second-order valence-corrected chi connectivity index (χ2v) is 3.73. The van der Waals surface area contributed by atoms with Gasteiger partial charge < -0.3 is 20.6 Å². The normalized spacial score (nSPS) is 11.9. The molecule has 0 amide bonds. The Morgan fingerprint density at radius 1 is 1.50 bits per heavy atom. The molecule has 0 radical (unpaired) electrons. The van der Waals surface area contributed by atoms with Crippen LogP contribution in [0.5, 0.6) is 0 Å². The number of carboxylic acids is 1. The zero-order valence-corrected chi connectivity index (χ0v) is 9.45. The van der Waals surface area contributed by atoms with Crippen LogP contribution >= 0.6 is 0 Å². The first-order valence-corrected chi connectivity index (χ1v) is 5.27. The molecule has 0 bridgehead atoms. The Labute approximate surface area is 102 Å². The van der Waals surface area contributed by atoms with Crippen LogP contribution in [-0.2, 0) is 11.3 Å². The van der Waals surface area contributed by atoms with Crippen LogP contribution in [0.15, 0.2) is 29.7 Å². The van der Waals surface area contributed by atoms with E-state index >= 15 is 0 Å². The lowest BCUT2D eigenvalue weighted by molar-refractivity contribution is -0.137. The molecule has 2 aromatic rings. The minimum absolute atomic E-state index is 0.00150. The van der Waals surface area contributed by atoms with Crippen LogP contribution in [0, 0.1) is 0 Å². The lowest BCUT2D eigenvalue weighted by Crippen LogP contribution is -2.13. The maximum atomic E-state index is 10.5. The fourth-order valence-corrected chi connectivity index (χ4v) is 1.76. The summed E-state index contributed by atoms with van der Waals surface area (Å²) in [7, 11) is 0. The maximum absolute atomic E-state index is 10.5. The summed E-state index contributed by atoms with van der Waals surface area (Å²) in [5, 5.41) is 21.0. The summed E-state index contributed by atoms with van der Waals surface area (Å²) in [6.07, 6.45) is 3.28. The van der Waals surface area contributed by atoms with Gasteiger partial charge in [0.05, 0.1) is 6.42 Å². The number of pyridine rings is 1. The number of oxime groups is 1. The smallest absolute Gasteiger partial charge is 0.305 e. The molecule has 0 spiro atoms. The van der Waals surface area contributed by atoms with Gasteiger partial charge in [-0.2, -0.15) is 0 Å². The highest BCUT2D eigenvalue weighted by atomic mass is 16.4. The molecule has 0 saturated carbocycles. The molecule has 4 N–H and O–H groups in total. The van der Waals surface area contributed by atoms with Gasteiger partial charge in [-0.15, -0.1) is 0 Å². The summed E-state index contributed by atoms with van der Waals surface area (Å²) >= 11 is 0. The number of carboxylic acid groups (broad SMARTS) is 1. The fourth-order valence-electron chi connectivity index (χ4n) is 1.76. The Morgan fingerprint density at radius 3 is 2.94 bits per heavy atom. The lowest BCUT2D eigenvalue weighted by atomic mass is 10.2. The first-order chi connectivity index (χ1) is 8.63. The van der Waals surface area contributed by atoms with Gasteiger partial charge in [-0.25, -0.2) is 4.98 Å². The third-order valence-electron chi connectivity index (χ3n) is 2.61. The second-order valence-electron chi connectivity index (χ2n) is 3.73. The molecule has 94 valence electrons. The topological polar surface area (TPSA) is 114 Å². The van der Waals surface area contributed by atoms with E-state index in [0.717, 1.165) is 5.39 Å².